The SMILES string of the molecule is COc1cccc(-c2nnc(NC(=O)c3ccccc3OC)o2)c1. The summed E-state index contributed by atoms with van der Waals surface area (Å²) in [5.41, 5.74) is 1.07. The van der Waals surface area contributed by atoms with Crippen molar-refractivity contribution < 1.29 is 18.7 Å². The molecule has 0 saturated heterocycles. The highest BCUT2D eigenvalue weighted by Crippen LogP contribution is 2.24. The normalized spacial score (nSPS) is 10.2. The summed E-state index contributed by atoms with van der Waals surface area (Å²) in [5, 5.41) is 10.3. The molecule has 0 aliphatic heterocycles. The van der Waals surface area contributed by atoms with Gasteiger partial charge in [-0.25, -0.2) is 0 Å². The first-order chi connectivity index (χ1) is 11.7. The van der Waals surface area contributed by atoms with Crippen molar-refractivity contribution in [2.24, 2.45) is 0 Å². The molecule has 2 aromatic carbocycles. The zero-order valence-electron chi connectivity index (χ0n) is 13.1. The second-order valence-electron chi connectivity index (χ2n) is 4.80. The van der Waals surface area contributed by atoms with Crippen LogP contribution in [0.3, 0.4) is 0 Å². The molecule has 7 heteroatoms. The maximum atomic E-state index is 12.3. The molecule has 122 valence electrons. The first kappa shape index (κ1) is 15.5. The van der Waals surface area contributed by atoms with Gasteiger partial charge in [0.1, 0.15) is 11.5 Å². The van der Waals surface area contributed by atoms with E-state index >= 15 is 0 Å². The standard InChI is InChI=1S/C17H15N3O4/c1-22-12-7-5-6-11(10-12)16-19-20-17(24-16)18-15(21)13-8-3-4-9-14(13)23-2/h3-10H,1-2H3,(H,18,20,21). The van der Waals surface area contributed by atoms with Crippen LogP contribution in [0.2, 0.25) is 0 Å². The third-order valence-corrected chi connectivity index (χ3v) is 3.31. The minimum atomic E-state index is -0.395. The van der Waals surface area contributed by atoms with E-state index < -0.39 is 5.91 Å². The van der Waals surface area contributed by atoms with Crippen molar-refractivity contribution in [1.82, 2.24) is 10.2 Å². The number of hydrogen-bond acceptors (Lipinski definition) is 6. The van der Waals surface area contributed by atoms with Crippen molar-refractivity contribution in [3.05, 3.63) is 54.1 Å². The van der Waals surface area contributed by atoms with Crippen molar-refractivity contribution in [3.8, 4) is 23.0 Å². The number of nitrogens with zero attached hydrogens (tertiary/aromatic N) is 2. The van der Waals surface area contributed by atoms with Gasteiger partial charge >= 0.3 is 6.01 Å². The average Bonchev–Trinajstić information content (AvgIpc) is 3.10. The Bertz CT molecular complexity index is 860. The van der Waals surface area contributed by atoms with E-state index in [1.165, 1.54) is 7.11 Å². The first-order valence-corrected chi connectivity index (χ1v) is 7.13. The molecule has 0 saturated carbocycles. The van der Waals surface area contributed by atoms with Gasteiger partial charge in [0.25, 0.3) is 5.91 Å². The van der Waals surface area contributed by atoms with Crippen LogP contribution < -0.4 is 14.8 Å². The molecule has 3 aromatic rings. The molecular weight excluding hydrogens is 310 g/mol. The Labute approximate surface area is 138 Å². The first-order valence-electron chi connectivity index (χ1n) is 7.13. The van der Waals surface area contributed by atoms with Crippen LogP contribution in [0.25, 0.3) is 11.5 Å². The van der Waals surface area contributed by atoms with Crippen LogP contribution >= 0.6 is 0 Å². The van der Waals surface area contributed by atoms with Gasteiger partial charge in [-0.3, -0.25) is 10.1 Å². The molecule has 0 fully saturated rings. The van der Waals surface area contributed by atoms with Gasteiger partial charge in [0, 0.05) is 5.56 Å². The van der Waals surface area contributed by atoms with Gasteiger partial charge in [-0.1, -0.05) is 23.3 Å². The number of rotatable bonds is 5. The number of anilines is 1. The summed E-state index contributed by atoms with van der Waals surface area (Å²) in [6.45, 7) is 0. The lowest BCUT2D eigenvalue weighted by Gasteiger charge is -2.06. The van der Waals surface area contributed by atoms with Crippen LogP contribution in [0.15, 0.2) is 52.9 Å². The van der Waals surface area contributed by atoms with Crippen LogP contribution in [-0.2, 0) is 0 Å². The number of carbonyl (C=O) groups excluding carboxylic acids is 1. The lowest BCUT2D eigenvalue weighted by Crippen LogP contribution is -2.13. The predicted octanol–water partition coefficient (Wildman–Crippen LogP) is 3.01. The van der Waals surface area contributed by atoms with Crippen molar-refractivity contribution in [2.45, 2.75) is 0 Å². The molecule has 1 N–H and O–H groups in total. The number of nitrogens with one attached hydrogen (secondary N) is 1. The smallest absolute Gasteiger partial charge is 0.322 e. The second-order valence-corrected chi connectivity index (χ2v) is 4.80. The zero-order valence-corrected chi connectivity index (χ0v) is 13.1. The fourth-order valence-corrected chi connectivity index (χ4v) is 2.14. The molecule has 0 aliphatic carbocycles. The van der Waals surface area contributed by atoms with Crippen LogP contribution in [0, 0.1) is 0 Å². The lowest BCUT2D eigenvalue weighted by atomic mass is 10.2. The van der Waals surface area contributed by atoms with Crippen LogP contribution in [0.1, 0.15) is 10.4 Å². The Hall–Kier alpha value is -3.35. The number of carbonyl (C=O) groups is 1. The Kier molecular flexibility index (Phi) is 4.42. The predicted molar refractivity (Wildman–Crippen MR) is 87.2 cm³/mol. The van der Waals surface area contributed by atoms with E-state index in [2.05, 4.69) is 15.5 Å². The van der Waals surface area contributed by atoms with E-state index in [4.69, 9.17) is 13.9 Å². The third-order valence-electron chi connectivity index (χ3n) is 3.31. The quantitative estimate of drug-likeness (QED) is 0.776. The van der Waals surface area contributed by atoms with Gasteiger partial charge in [0.05, 0.1) is 19.8 Å². The second kappa shape index (κ2) is 6.82. The van der Waals surface area contributed by atoms with E-state index in [0.717, 1.165) is 0 Å². The topological polar surface area (TPSA) is 86.5 Å². The van der Waals surface area contributed by atoms with E-state index in [-0.39, 0.29) is 11.9 Å². The summed E-state index contributed by atoms with van der Waals surface area (Å²) in [5.74, 6) is 1.02. The number of hydrogen-bond donors (Lipinski definition) is 1. The average molecular weight is 325 g/mol. The summed E-state index contributed by atoms with van der Waals surface area (Å²) in [4.78, 5) is 12.3. The molecule has 1 amide bonds. The summed E-state index contributed by atoms with van der Waals surface area (Å²) >= 11 is 0. The summed E-state index contributed by atoms with van der Waals surface area (Å²) in [7, 11) is 3.07. The summed E-state index contributed by atoms with van der Waals surface area (Å²) < 4.78 is 15.8. The Morgan fingerprint density at radius 1 is 1.04 bits per heavy atom. The van der Waals surface area contributed by atoms with E-state index in [9.17, 15) is 4.79 Å². The number of ether oxygens (including phenoxy) is 2. The number of aromatic nitrogens is 2. The van der Waals surface area contributed by atoms with Crippen LogP contribution in [-0.4, -0.2) is 30.3 Å². The van der Waals surface area contributed by atoms with E-state index in [1.54, 1.807) is 37.4 Å². The number of methoxy groups -OCH3 is 2. The highest BCUT2D eigenvalue weighted by atomic mass is 16.5. The van der Waals surface area contributed by atoms with E-state index in [0.29, 0.717) is 22.6 Å². The van der Waals surface area contributed by atoms with Gasteiger partial charge in [-0.15, -0.1) is 5.10 Å². The van der Waals surface area contributed by atoms with Crippen molar-refractivity contribution >= 4 is 11.9 Å². The van der Waals surface area contributed by atoms with Crippen LogP contribution in [0.4, 0.5) is 6.01 Å². The number of benzene rings is 2. The molecule has 0 aliphatic rings. The number of amides is 1. The van der Waals surface area contributed by atoms with Crippen LogP contribution in [0.5, 0.6) is 11.5 Å². The molecule has 7 nitrogen and oxygen atoms in total. The molecule has 24 heavy (non-hydrogen) atoms. The van der Waals surface area contributed by atoms with Gasteiger partial charge in [-0.2, -0.15) is 0 Å². The van der Waals surface area contributed by atoms with Gasteiger partial charge in [-0.05, 0) is 30.3 Å². The Morgan fingerprint density at radius 2 is 1.88 bits per heavy atom. The molecule has 3 rings (SSSR count). The maximum absolute atomic E-state index is 12.3. The molecule has 1 heterocycles. The van der Waals surface area contributed by atoms with E-state index in [1.807, 2.05) is 18.2 Å². The van der Waals surface area contributed by atoms with Crippen molar-refractivity contribution in [3.63, 3.8) is 0 Å². The highest BCUT2D eigenvalue weighted by Gasteiger charge is 2.16. The lowest BCUT2D eigenvalue weighted by molar-refractivity contribution is 0.102. The molecule has 0 unspecified atom stereocenters. The van der Waals surface area contributed by atoms with Crippen molar-refractivity contribution in [1.29, 1.82) is 0 Å². The molecule has 0 radical (unpaired) electrons. The molecule has 1 aromatic heterocycles. The summed E-state index contributed by atoms with van der Waals surface area (Å²) in [6.07, 6.45) is 0. The zero-order chi connectivity index (χ0) is 16.9. The maximum Gasteiger partial charge on any atom is 0.322 e. The molecular formula is C17H15N3O4. The fraction of sp³-hybridized carbons (Fsp3) is 0.118. The van der Waals surface area contributed by atoms with Gasteiger partial charge < -0.3 is 13.9 Å². The fourth-order valence-electron chi connectivity index (χ4n) is 2.14. The third kappa shape index (κ3) is 3.19. The molecule has 0 spiro atoms. The summed E-state index contributed by atoms with van der Waals surface area (Å²) in [6, 6.07) is 14.1. The molecule has 0 bridgehead atoms. The minimum absolute atomic E-state index is 0.00345. The Morgan fingerprint density at radius 3 is 2.67 bits per heavy atom. The highest BCUT2D eigenvalue weighted by molar-refractivity contribution is 6.05. The monoisotopic (exact) mass is 325 g/mol. The van der Waals surface area contributed by atoms with Gasteiger partial charge in [0.2, 0.25) is 5.89 Å². The van der Waals surface area contributed by atoms with Crippen molar-refractivity contribution in [2.75, 3.05) is 19.5 Å². The molecule has 0 atom stereocenters. The van der Waals surface area contributed by atoms with Gasteiger partial charge in [0.15, 0.2) is 0 Å². The Balaban J connectivity index is 1.79. The largest absolute Gasteiger partial charge is 0.497 e. The minimum Gasteiger partial charge on any atom is -0.497 e. The number of para-hydroxylation sites is 1.